The highest BCUT2D eigenvalue weighted by atomic mass is 16.4. The molecule has 0 heterocycles. The van der Waals surface area contributed by atoms with Gasteiger partial charge in [-0.3, -0.25) is 9.69 Å². The minimum Gasteiger partial charge on any atom is -0.478 e. The Kier molecular flexibility index (Phi) is 7.55. The van der Waals surface area contributed by atoms with Crippen molar-refractivity contribution < 1.29 is 14.7 Å². The Morgan fingerprint density at radius 1 is 0.926 bits per heavy atom. The van der Waals surface area contributed by atoms with E-state index in [1.54, 1.807) is 12.1 Å². The number of carbonyl (C=O) groups is 2. The lowest BCUT2D eigenvalue weighted by Crippen LogP contribution is -2.40. The Labute approximate surface area is 161 Å². The summed E-state index contributed by atoms with van der Waals surface area (Å²) in [5.41, 5.74) is 3.20. The van der Waals surface area contributed by atoms with Crippen LogP contribution in [0.3, 0.4) is 0 Å². The fourth-order valence-electron chi connectivity index (χ4n) is 3.14. The molecule has 0 aliphatic rings. The number of likely N-dealkylation sites (N-methyl/N-ethyl adjacent to an activating group) is 2. The summed E-state index contributed by atoms with van der Waals surface area (Å²) in [4.78, 5) is 27.8. The third kappa shape index (κ3) is 5.41. The van der Waals surface area contributed by atoms with Crippen LogP contribution >= 0.6 is 0 Å². The van der Waals surface area contributed by atoms with Gasteiger partial charge in [-0.1, -0.05) is 43.3 Å². The Bertz CT molecular complexity index is 770. The first-order chi connectivity index (χ1) is 13.0. The van der Waals surface area contributed by atoms with Gasteiger partial charge in [0.2, 0.25) is 5.91 Å². The predicted molar refractivity (Wildman–Crippen MR) is 108 cm³/mol. The quantitative estimate of drug-likeness (QED) is 0.732. The van der Waals surface area contributed by atoms with Crippen LogP contribution in [0.25, 0.3) is 11.1 Å². The number of amides is 1. The van der Waals surface area contributed by atoms with Crippen LogP contribution < -0.4 is 0 Å². The SMILES string of the molecule is CCN(CC(=O)N(CC)CC)Cc1cc(C(=O)O)ccc1-c1ccccc1. The normalized spacial score (nSPS) is 10.8. The van der Waals surface area contributed by atoms with Crippen LogP contribution in [0.1, 0.15) is 36.7 Å². The van der Waals surface area contributed by atoms with Gasteiger partial charge in [0.05, 0.1) is 12.1 Å². The number of hydrogen-bond acceptors (Lipinski definition) is 3. The van der Waals surface area contributed by atoms with E-state index in [1.807, 2.05) is 67.0 Å². The molecule has 5 heteroatoms. The smallest absolute Gasteiger partial charge is 0.335 e. The van der Waals surface area contributed by atoms with Crippen LogP contribution in [0.5, 0.6) is 0 Å². The van der Waals surface area contributed by atoms with Crippen molar-refractivity contribution in [2.45, 2.75) is 27.3 Å². The van der Waals surface area contributed by atoms with Crippen molar-refractivity contribution in [1.82, 2.24) is 9.80 Å². The molecule has 2 aromatic carbocycles. The number of rotatable bonds is 9. The zero-order valence-electron chi connectivity index (χ0n) is 16.3. The average molecular weight is 368 g/mol. The van der Waals surface area contributed by atoms with Crippen LogP contribution in [0.15, 0.2) is 48.5 Å². The van der Waals surface area contributed by atoms with Gasteiger partial charge in [-0.2, -0.15) is 0 Å². The summed E-state index contributed by atoms with van der Waals surface area (Å²) in [6.45, 7) is 8.90. The molecule has 0 atom stereocenters. The molecule has 2 aromatic rings. The van der Waals surface area contributed by atoms with Crippen LogP contribution in [-0.2, 0) is 11.3 Å². The van der Waals surface area contributed by atoms with Gasteiger partial charge in [0.1, 0.15) is 0 Å². The van der Waals surface area contributed by atoms with E-state index in [0.717, 1.165) is 16.7 Å². The summed E-state index contributed by atoms with van der Waals surface area (Å²) in [5, 5.41) is 9.37. The molecule has 27 heavy (non-hydrogen) atoms. The van der Waals surface area contributed by atoms with Crippen molar-refractivity contribution in [3.63, 3.8) is 0 Å². The van der Waals surface area contributed by atoms with Crippen molar-refractivity contribution in [3.8, 4) is 11.1 Å². The van der Waals surface area contributed by atoms with Gasteiger partial charge in [0, 0.05) is 19.6 Å². The number of carboxylic acid groups (broad SMARTS) is 1. The van der Waals surface area contributed by atoms with Crippen LogP contribution in [0, 0.1) is 0 Å². The largest absolute Gasteiger partial charge is 0.478 e. The molecule has 1 N–H and O–H groups in total. The Balaban J connectivity index is 2.32. The molecule has 0 saturated carbocycles. The Morgan fingerprint density at radius 2 is 1.59 bits per heavy atom. The maximum Gasteiger partial charge on any atom is 0.335 e. The summed E-state index contributed by atoms with van der Waals surface area (Å²) in [6.07, 6.45) is 0. The van der Waals surface area contributed by atoms with Gasteiger partial charge >= 0.3 is 5.97 Å². The first kappa shape index (κ1) is 20.6. The maximum absolute atomic E-state index is 12.5. The monoisotopic (exact) mass is 368 g/mol. The number of aromatic carboxylic acids is 1. The highest BCUT2D eigenvalue weighted by molar-refractivity contribution is 5.89. The van der Waals surface area contributed by atoms with Crippen molar-refractivity contribution in [2.75, 3.05) is 26.2 Å². The van der Waals surface area contributed by atoms with E-state index in [1.165, 1.54) is 0 Å². The molecule has 0 aliphatic heterocycles. The first-order valence-corrected chi connectivity index (χ1v) is 9.41. The highest BCUT2D eigenvalue weighted by Crippen LogP contribution is 2.26. The minimum atomic E-state index is -0.946. The molecule has 0 aliphatic carbocycles. The number of carboxylic acids is 1. The van der Waals surface area contributed by atoms with E-state index in [2.05, 4.69) is 0 Å². The van der Waals surface area contributed by atoms with E-state index >= 15 is 0 Å². The number of benzene rings is 2. The molecule has 1 amide bonds. The molecule has 0 fully saturated rings. The standard InChI is InChI=1S/C22H28N2O3/c1-4-23(16-21(25)24(5-2)6-3)15-19-14-18(22(26)27)12-13-20(19)17-10-8-7-9-11-17/h7-14H,4-6,15-16H2,1-3H3,(H,26,27). The second-order valence-corrected chi connectivity index (χ2v) is 6.41. The number of carbonyl (C=O) groups excluding carboxylic acids is 1. The van der Waals surface area contributed by atoms with E-state index < -0.39 is 5.97 Å². The summed E-state index contributed by atoms with van der Waals surface area (Å²) in [5.74, 6) is -0.851. The zero-order valence-corrected chi connectivity index (χ0v) is 16.3. The Hall–Kier alpha value is -2.66. The fourth-order valence-corrected chi connectivity index (χ4v) is 3.14. The first-order valence-electron chi connectivity index (χ1n) is 9.41. The second kappa shape index (κ2) is 9.88. The third-order valence-electron chi connectivity index (χ3n) is 4.75. The maximum atomic E-state index is 12.5. The molecule has 144 valence electrons. The fraction of sp³-hybridized carbons (Fsp3) is 0.364. The van der Waals surface area contributed by atoms with Crippen LogP contribution in [0.4, 0.5) is 0 Å². The van der Waals surface area contributed by atoms with Gasteiger partial charge in [-0.05, 0) is 49.2 Å². The summed E-state index contributed by atoms with van der Waals surface area (Å²) in [7, 11) is 0. The predicted octanol–water partition coefficient (Wildman–Crippen LogP) is 3.74. The lowest BCUT2D eigenvalue weighted by molar-refractivity contribution is -0.132. The summed E-state index contributed by atoms with van der Waals surface area (Å²) < 4.78 is 0. The van der Waals surface area contributed by atoms with Crippen molar-refractivity contribution >= 4 is 11.9 Å². The van der Waals surface area contributed by atoms with E-state index in [-0.39, 0.29) is 11.5 Å². The van der Waals surface area contributed by atoms with Crippen molar-refractivity contribution in [2.24, 2.45) is 0 Å². The van der Waals surface area contributed by atoms with Gasteiger partial charge in [0.25, 0.3) is 0 Å². The third-order valence-corrected chi connectivity index (χ3v) is 4.75. The van der Waals surface area contributed by atoms with Gasteiger partial charge < -0.3 is 10.0 Å². The lowest BCUT2D eigenvalue weighted by atomic mass is 9.97. The average Bonchev–Trinajstić information content (AvgIpc) is 2.68. The highest BCUT2D eigenvalue weighted by Gasteiger charge is 2.17. The molecule has 0 saturated heterocycles. The van der Waals surface area contributed by atoms with Gasteiger partial charge in [0.15, 0.2) is 0 Å². The molecule has 0 radical (unpaired) electrons. The van der Waals surface area contributed by atoms with Crippen molar-refractivity contribution in [1.29, 1.82) is 0 Å². The molecule has 0 spiro atoms. The molecule has 5 nitrogen and oxygen atoms in total. The molecule has 0 bridgehead atoms. The molecule has 0 unspecified atom stereocenters. The number of nitrogens with zero attached hydrogens (tertiary/aromatic N) is 2. The molecule has 0 aromatic heterocycles. The van der Waals surface area contributed by atoms with Gasteiger partial charge in [-0.15, -0.1) is 0 Å². The summed E-state index contributed by atoms with van der Waals surface area (Å²) >= 11 is 0. The van der Waals surface area contributed by atoms with E-state index in [9.17, 15) is 14.7 Å². The van der Waals surface area contributed by atoms with E-state index in [0.29, 0.717) is 32.7 Å². The number of hydrogen-bond donors (Lipinski definition) is 1. The minimum absolute atomic E-state index is 0.0949. The van der Waals surface area contributed by atoms with E-state index in [4.69, 9.17) is 0 Å². The molecular formula is C22H28N2O3. The van der Waals surface area contributed by atoms with Gasteiger partial charge in [-0.25, -0.2) is 4.79 Å². The molecular weight excluding hydrogens is 340 g/mol. The zero-order chi connectivity index (χ0) is 19.8. The molecule has 2 rings (SSSR count). The Morgan fingerprint density at radius 3 is 2.15 bits per heavy atom. The topological polar surface area (TPSA) is 60.9 Å². The summed E-state index contributed by atoms with van der Waals surface area (Å²) in [6, 6.07) is 15.1. The van der Waals surface area contributed by atoms with Crippen LogP contribution in [-0.4, -0.2) is 53.0 Å². The van der Waals surface area contributed by atoms with Crippen molar-refractivity contribution in [3.05, 3.63) is 59.7 Å². The lowest BCUT2D eigenvalue weighted by Gasteiger charge is -2.26. The van der Waals surface area contributed by atoms with Crippen LogP contribution in [0.2, 0.25) is 0 Å². The second-order valence-electron chi connectivity index (χ2n) is 6.41.